The van der Waals surface area contributed by atoms with Crippen molar-refractivity contribution in [1.82, 2.24) is 10.0 Å². The molecule has 7 heteroatoms. The van der Waals surface area contributed by atoms with Gasteiger partial charge in [0.1, 0.15) is 0 Å². The van der Waals surface area contributed by atoms with Crippen LogP contribution in [0.2, 0.25) is 0 Å². The lowest BCUT2D eigenvalue weighted by molar-refractivity contribution is 0.0699. The topological polar surface area (TPSA) is 76.7 Å². The highest BCUT2D eigenvalue weighted by atomic mass is 32.2. The van der Waals surface area contributed by atoms with Gasteiger partial charge in [-0.25, -0.2) is 13.1 Å². The molecule has 0 aliphatic rings. The van der Waals surface area contributed by atoms with Crippen LogP contribution in [0, 0.1) is 0 Å². The molecule has 0 aliphatic heterocycles. The van der Waals surface area contributed by atoms with Crippen molar-refractivity contribution in [2.45, 2.75) is 39.2 Å². The summed E-state index contributed by atoms with van der Waals surface area (Å²) in [4.78, 5) is 0. The Morgan fingerprint density at radius 1 is 1.00 bits per heavy atom. The highest BCUT2D eigenvalue weighted by Gasteiger charge is 2.08. The molecule has 0 rings (SSSR count). The van der Waals surface area contributed by atoms with Gasteiger partial charge in [0.05, 0.1) is 19.0 Å². The standard InChI is InChI=1S/C13H30N2O4S/c1-13(2)14-7-4-5-12-20(16,17)15-8-6-9-19-11-10-18-3/h13-15H,4-12H2,1-3H3. The summed E-state index contributed by atoms with van der Waals surface area (Å²) in [7, 11) is -1.52. The summed E-state index contributed by atoms with van der Waals surface area (Å²) >= 11 is 0. The van der Waals surface area contributed by atoms with Crippen LogP contribution in [0.5, 0.6) is 0 Å². The Labute approximate surface area is 123 Å². The van der Waals surface area contributed by atoms with E-state index in [1.165, 1.54) is 0 Å². The van der Waals surface area contributed by atoms with E-state index < -0.39 is 10.0 Å². The molecule has 0 aromatic rings. The Kier molecular flexibility index (Phi) is 12.4. The SMILES string of the molecule is COCCOCCCNS(=O)(=O)CCCCNC(C)C. The molecule has 0 amide bonds. The summed E-state index contributed by atoms with van der Waals surface area (Å²) in [6.45, 7) is 7.10. The van der Waals surface area contributed by atoms with Gasteiger partial charge in [0.2, 0.25) is 10.0 Å². The van der Waals surface area contributed by atoms with Gasteiger partial charge >= 0.3 is 0 Å². The summed E-state index contributed by atoms with van der Waals surface area (Å²) in [5.41, 5.74) is 0. The highest BCUT2D eigenvalue weighted by Crippen LogP contribution is 1.95. The number of hydrogen-bond donors (Lipinski definition) is 2. The fraction of sp³-hybridized carbons (Fsp3) is 1.00. The van der Waals surface area contributed by atoms with Gasteiger partial charge in [0.25, 0.3) is 0 Å². The number of rotatable bonds is 14. The molecule has 0 atom stereocenters. The Morgan fingerprint density at radius 3 is 2.40 bits per heavy atom. The molecule has 0 aromatic heterocycles. The average molecular weight is 310 g/mol. The van der Waals surface area contributed by atoms with Crippen molar-refractivity contribution in [3.8, 4) is 0 Å². The molecular formula is C13H30N2O4S. The zero-order valence-corrected chi connectivity index (χ0v) is 13.8. The van der Waals surface area contributed by atoms with E-state index in [2.05, 4.69) is 23.9 Å². The molecule has 0 aliphatic carbocycles. The summed E-state index contributed by atoms with van der Waals surface area (Å²) in [6.07, 6.45) is 2.23. The van der Waals surface area contributed by atoms with E-state index in [-0.39, 0.29) is 5.75 Å². The minimum absolute atomic E-state index is 0.192. The summed E-state index contributed by atoms with van der Waals surface area (Å²) in [5, 5.41) is 3.27. The quantitative estimate of drug-likeness (QED) is 0.463. The van der Waals surface area contributed by atoms with Gasteiger partial charge < -0.3 is 14.8 Å². The maximum atomic E-state index is 11.7. The molecule has 20 heavy (non-hydrogen) atoms. The monoisotopic (exact) mass is 310 g/mol. The number of ether oxygens (including phenoxy) is 2. The largest absolute Gasteiger partial charge is 0.382 e. The molecule has 2 N–H and O–H groups in total. The van der Waals surface area contributed by atoms with Crippen LogP contribution in [0.15, 0.2) is 0 Å². The van der Waals surface area contributed by atoms with Crippen LogP contribution in [-0.4, -0.2) is 60.2 Å². The van der Waals surface area contributed by atoms with Crippen molar-refractivity contribution in [1.29, 1.82) is 0 Å². The van der Waals surface area contributed by atoms with E-state index in [0.29, 0.717) is 45.2 Å². The van der Waals surface area contributed by atoms with Crippen LogP contribution in [0.25, 0.3) is 0 Å². The first-order valence-corrected chi connectivity index (χ1v) is 8.90. The molecular weight excluding hydrogens is 280 g/mol. The van der Waals surface area contributed by atoms with E-state index >= 15 is 0 Å². The maximum absolute atomic E-state index is 11.7. The van der Waals surface area contributed by atoms with E-state index in [1.807, 2.05) is 0 Å². The van der Waals surface area contributed by atoms with E-state index in [9.17, 15) is 8.42 Å². The van der Waals surface area contributed by atoms with Crippen molar-refractivity contribution in [3.63, 3.8) is 0 Å². The molecule has 6 nitrogen and oxygen atoms in total. The lowest BCUT2D eigenvalue weighted by atomic mass is 10.3. The van der Waals surface area contributed by atoms with Crippen LogP contribution in [0.3, 0.4) is 0 Å². The zero-order chi connectivity index (χ0) is 15.3. The minimum Gasteiger partial charge on any atom is -0.382 e. The van der Waals surface area contributed by atoms with Gasteiger partial charge in [-0.3, -0.25) is 0 Å². The maximum Gasteiger partial charge on any atom is 0.211 e. The van der Waals surface area contributed by atoms with Crippen molar-refractivity contribution >= 4 is 10.0 Å². The van der Waals surface area contributed by atoms with Crippen molar-refractivity contribution < 1.29 is 17.9 Å². The molecule has 0 fully saturated rings. The number of sulfonamides is 1. The lowest BCUT2D eigenvalue weighted by Crippen LogP contribution is -2.29. The molecule has 0 aromatic carbocycles. The second-order valence-corrected chi connectivity index (χ2v) is 6.91. The van der Waals surface area contributed by atoms with E-state index in [1.54, 1.807) is 7.11 Å². The number of unbranched alkanes of at least 4 members (excludes halogenated alkanes) is 1. The number of hydrogen-bond acceptors (Lipinski definition) is 5. The molecule has 0 spiro atoms. The normalized spacial score (nSPS) is 12.2. The van der Waals surface area contributed by atoms with Crippen LogP contribution < -0.4 is 10.0 Å². The third-order valence-electron chi connectivity index (χ3n) is 2.61. The van der Waals surface area contributed by atoms with Crippen LogP contribution >= 0.6 is 0 Å². The summed E-state index contributed by atoms with van der Waals surface area (Å²) in [5.74, 6) is 0.192. The minimum atomic E-state index is -3.14. The zero-order valence-electron chi connectivity index (χ0n) is 13.0. The van der Waals surface area contributed by atoms with Crippen LogP contribution in [0.1, 0.15) is 33.1 Å². The fourth-order valence-corrected chi connectivity index (χ4v) is 2.71. The predicted molar refractivity (Wildman–Crippen MR) is 81.5 cm³/mol. The van der Waals surface area contributed by atoms with Crippen molar-refractivity contribution in [3.05, 3.63) is 0 Å². The molecule has 0 saturated carbocycles. The second-order valence-electron chi connectivity index (χ2n) is 4.99. The Morgan fingerprint density at radius 2 is 1.75 bits per heavy atom. The average Bonchev–Trinajstić information content (AvgIpc) is 2.36. The fourth-order valence-electron chi connectivity index (χ4n) is 1.53. The molecule has 122 valence electrons. The molecule has 0 radical (unpaired) electrons. The third-order valence-corrected chi connectivity index (χ3v) is 4.08. The Balaban J connectivity index is 3.45. The smallest absolute Gasteiger partial charge is 0.211 e. The first kappa shape index (κ1) is 19.8. The van der Waals surface area contributed by atoms with Gasteiger partial charge in [-0.2, -0.15) is 0 Å². The van der Waals surface area contributed by atoms with Gasteiger partial charge in [0, 0.05) is 26.3 Å². The van der Waals surface area contributed by atoms with Crippen LogP contribution in [0.4, 0.5) is 0 Å². The third kappa shape index (κ3) is 14.2. The first-order valence-electron chi connectivity index (χ1n) is 7.25. The van der Waals surface area contributed by atoms with Crippen molar-refractivity contribution in [2.24, 2.45) is 0 Å². The van der Waals surface area contributed by atoms with E-state index in [0.717, 1.165) is 13.0 Å². The molecule has 0 unspecified atom stereocenters. The molecule has 0 bridgehead atoms. The van der Waals surface area contributed by atoms with Crippen LogP contribution in [-0.2, 0) is 19.5 Å². The van der Waals surface area contributed by atoms with Gasteiger partial charge in [0.15, 0.2) is 0 Å². The molecule has 0 saturated heterocycles. The summed E-state index contributed by atoms with van der Waals surface area (Å²) in [6, 6.07) is 0.447. The summed E-state index contributed by atoms with van der Waals surface area (Å²) < 4.78 is 36.0. The Hall–Kier alpha value is -0.210. The van der Waals surface area contributed by atoms with Gasteiger partial charge in [-0.05, 0) is 25.8 Å². The van der Waals surface area contributed by atoms with Gasteiger partial charge in [-0.15, -0.1) is 0 Å². The van der Waals surface area contributed by atoms with E-state index in [4.69, 9.17) is 9.47 Å². The first-order chi connectivity index (χ1) is 9.48. The second kappa shape index (κ2) is 12.5. The number of nitrogens with one attached hydrogen (secondary N) is 2. The van der Waals surface area contributed by atoms with Gasteiger partial charge in [-0.1, -0.05) is 13.8 Å². The predicted octanol–water partition coefficient (Wildman–Crippen LogP) is 0.737. The Bertz CT molecular complexity index is 307. The number of methoxy groups -OCH3 is 1. The lowest BCUT2D eigenvalue weighted by Gasteiger charge is -2.09. The molecule has 0 heterocycles. The highest BCUT2D eigenvalue weighted by molar-refractivity contribution is 7.89. The van der Waals surface area contributed by atoms with Crippen molar-refractivity contribution in [2.75, 3.05) is 45.8 Å².